The highest BCUT2D eigenvalue weighted by Gasteiger charge is 2.19. The smallest absolute Gasteiger partial charge is 0.314 e. The number of hydrogen-bond acceptors (Lipinski definition) is 5. The highest BCUT2D eigenvalue weighted by Crippen LogP contribution is 2.17. The third-order valence-corrected chi connectivity index (χ3v) is 3.83. The van der Waals surface area contributed by atoms with Crippen molar-refractivity contribution in [2.75, 3.05) is 6.54 Å². The topological polar surface area (TPSA) is 94.7 Å². The Bertz CT molecular complexity index is 780. The molecule has 0 aromatic carbocycles. The number of hydrogen-bond donors (Lipinski definition) is 2. The van der Waals surface area contributed by atoms with E-state index in [0.717, 1.165) is 49.4 Å². The van der Waals surface area contributed by atoms with Gasteiger partial charge in [0.2, 0.25) is 0 Å². The summed E-state index contributed by atoms with van der Waals surface area (Å²) in [6.45, 7) is 4.18. The van der Waals surface area contributed by atoms with Gasteiger partial charge in [-0.25, -0.2) is 14.8 Å². The van der Waals surface area contributed by atoms with Gasteiger partial charge in [0.1, 0.15) is 5.82 Å². The summed E-state index contributed by atoms with van der Waals surface area (Å²) in [6, 6.07) is 0. The van der Waals surface area contributed by atoms with E-state index in [0.29, 0.717) is 12.1 Å². The molecule has 0 unspecified atom stereocenters. The predicted molar refractivity (Wildman–Crippen MR) is 81.5 cm³/mol. The highest BCUT2D eigenvalue weighted by molar-refractivity contribution is 5.21. The molecule has 0 amide bonds. The standard InChI is InChI=1S/C15H19N5O2/c1-2-3-13-16-6-10-8-20(5-4-12(10)18-13)9-11-7-17-15(22)19-14(11)21/h6-7H,2-5,8-9H2,1H3,(H2,17,19,21,22). The lowest BCUT2D eigenvalue weighted by Crippen LogP contribution is -2.34. The number of rotatable bonds is 4. The van der Waals surface area contributed by atoms with Gasteiger partial charge in [-0.3, -0.25) is 14.7 Å². The summed E-state index contributed by atoms with van der Waals surface area (Å²) in [7, 11) is 0. The van der Waals surface area contributed by atoms with Crippen molar-refractivity contribution in [3.05, 3.63) is 55.9 Å². The van der Waals surface area contributed by atoms with Crippen LogP contribution in [0.5, 0.6) is 0 Å². The van der Waals surface area contributed by atoms with Crippen molar-refractivity contribution in [1.29, 1.82) is 0 Å². The van der Waals surface area contributed by atoms with Crippen LogP contribution in [-0.2, 0) is 25.9 Å². The van der Waals surface area contributed by atoms with Crippen molar-refractivity contribution in [1.82, 2.24) is 24.8 Å². The molecule has 1 aliphatic rings. The van der Waals surface area contributed by atoms with Gasteiger partial charge in [0.15, 0.2) is 0 Å². The molecule has 2 aromatic rings. The summed E-state index contributed by atoms with van der Waals surface area (Å²) in [5.41, 5.74) is 1.99. The third kappa shape index (κ3) is 3.14. The Hall–Kier alpha value is -2.28. The van der Waals surface area contributed by atoms with E-state index in [4.69, 9.17) is 0 Å². The second-order valence-corrected chi connectivity index (χ2v) is 5.57. The van der Waals surface area contributed by atoms with Gasteiger partial charge in [-0.1, -0.05) is 6.92 Å². The fourth-order valence-electron chi connectivity index (χ4n) is 2.69. The Morgan fingerprint density at radius 1 is 1.36 bits per heavy atom. The Kier molecular flexibility index (Phi) is 4.15. The molecule has 0 atom stereocenters. The number of aryl methyl sites for hydroxylation is 1. The fraction of sp³-hybridized carbons (Fsp3) is 0.467. The van der Waals surface area contributed by atoms with E-state index >= 15 is 0 Å². The molecule has 7 heteroatoms. The lowest BCUT2D eigenvalue weighted by molar-refractivity contribution is 0.241. The summed E-state index contributed by atoms with van der Waals surface area (Å²) in [6.07, 6.45) is 6.19. The number of nitrogens with one attached hydrogen (secondary N) is 2. The van der Waals surface area contributed by atoms with E-state index in [2.05, 4.69) is 31.8 Å². The van der Waals surface area contributed by atoms with Gasteiger partial charge >= 0.3 is 5.69 Å². The Labute approximate surface area is 127 Å². The van der Waals surface area contributed by atoms with Crippen LogP contribution in [0.4, 0.5) is 0 Å². The fourth-order valence-corrected chi connectivity index (χ4v) is 2.69. The monoisotopic (exact) mass is 301 g/mol. The molecule has 0 spiro atoms. The molecule has 2 aromatic heterocycles. The van der Waals surface area contributed by atoms with Gasteiger partial charge < -0.3 is 4.98 Å². The number of aromatic nitrogens is 4. The van der Waals surface area contributed by atoms with Gasteiger partial charge in [0, 0.05) is 61.7 Å². The minimum atomic E-state index is -0.477. The van der Waals surface area contributed by atoms with E-state index in [1.165, 1.54) is 6.20 Å². The average Bonchev–Trinajstić information content (AvgIpc) is 2.50. The van der Waals surface area contributed by atoms with Gasteiger partial charge in [0.05, 0.1) is 0 Å². The normalized spacial score (nSPS) is 14.8. The average molecular weight is 301 g/mol. The Morgan fingerprint density at radius 3 is 3.00 bits per heavy atom. The second-order valence-electron chi connectivity index (χ2n) is 5.57. The van der Waals surface area contributed by atoms with Crippen LogP contribution in [0.3, 0.4) is 0 Å². The van der Waals surface area contributed by atoms with Crippen LogP contribution in [0.15, 0.2) is 22.0 Å². The van der Waals surface area contributed by atoms with Crippen molar-refractivity contribution in [2.45, 2.75) is 39.3 Å². The van der Waals surface area contributed by atoms with Crippen LogP contribution < -0.4 is 11.2 Å². The summed E-state index contributed by atoms with van der Waals surface area (Å²) in [4.78, 5) is 38.7. The van der Waals surface area contributed by atoms with Crippen molar-refractivity contribution in [3.8, 4) is 0 Å². The molecule has 0 saturated carbocycles. The minimum Gasteiger partial charge on any atom is -0.314 e. The van der Waals surface area contributed by atoms with Crippen LogP contribution in [-0.4, -0.2) is 31.4 Å². The molecule has 1 aliphatic heterocycles. The van der Waals surface area contributed by atoms with Gasteiger partial charge in [0.25, 0.3) is 5.56 Å². The molecule has 0 bridgehead atoms. The van der Waals surface area contributed by atoms with Gasteiger partial charge in [-0.15, -0.1) is 0 Å². The predicted octanol–water partition coefficient (Wildman–Crippen LogP) is 0.364. The molecule has 0 radical (unpaired) electrons. The van der Waals surface area contributed by atoms with Crippen LogP contribution >= 0.6 is 0 Å². The van der Waals surface area contributed by atoms with E-state index < -0.39 is 5.69 Å². The molecule has 116 valence electrons. The number of nitrogens with zero attached hydrogens (tertiary/aromatic N) is 3. The van der Waals surface area contributed by atoms with Crippen LogP contribution in [0, 0.1) is 0 Å². The second kappa shape index (κ2) is 6.23. The summed E-state index contributed by atoms with van der Waals surface area (Å²) in [5, 5.41) is 0. The van der Waals surface area contributed by atoms with Crippen LogP contribution in [0.1, 0.15) is 36.0 Å². The van der Waals surface area contributed by atoms with E-state index in [-0.39, 0.29) is 5.56 Å². The third-order valence-electron chi connectivity index (χ3n) is 3.83. The maximum Gasteiger partial charge on any atom is 0.325 e. The molecule has 3 rings (SSSR count). The van der Waals surface area contributed by atoms with Crippen LogP contribution in [0.25, 0.3) is 0 Å². The Morgan fingerprint density at radius 2 is 2.23 bits per heavy atom. The maximum absolute atomic E-state index is 11.7. The van der Waals surface area contributed by atoms with Crippen LogP contribution in [0.2, 0.25) is 0 Å². The van der Waals surface area contributed by atoms with Crippen molar-refractivity contribution >= 4 is 0 Å². The summed E-state index contributed by atoms with van der Waals surface area (Å²) < 4.78 is 0. The van der Waals surface area contributed by atoms with E-state index in [1.54, 1.807) is 0 Å². The maximum atomic E-state index is 11.7. The molecular formula is C15H19N5O2. The first-order valence-electron chi connectivity index (χ1n) is 7.52. The number of H-pyrrole nitrogens is 2. The number of aromatic amines is 2. The lowest BCUT2D eigenvalue weighted by Gasteiger charge is -2.27. The summed E-state index contributed by atoms with van der Waals surface area (Å²) in [5.74, 6) is 0.909. The van der Waals surface area contributed by atoms with E-state index in [1.807, 2.05) is 6.20 Å². The molecular weight excluding hydrogens is 282 g/mol. The first-order valence-corrected chi connectivity index (χ1v) is 7.52. The van der Waals surface area contributed by atoms with Gasteiger partial charge in [-0.05, 0) is 6.42 Å². The molecule has 3 heterocycles. The molecule has 0 saturated heterocycles. The Balaban J connectivity index is 1.74. The molecule has 0 aliphatic carbocycles. The molecule has 2 N–H and O–H groups in total. The summed E-state index contributed by atoms with van der Waals surface area (Å²) >= 11 is 0. The highest BCUT2D eigenvalue weighted by atomic mass is 16.2. The SMILES string of the molecule is CCCc1ncc2c(n1)CCN(Cc1c[nH]c(=O)[nH]c1=O)C2. The van der Waals surface area contributed by atoms with Gasteiger partial charge in [-0.2, -0.15) is 0 Å². The van der Waals surface area contributed by atoms with Crippen molar-refractivity contribution in [2.24, 2.45) is 0 Å². The molecule has 0 fully saturated rings. The van der Waals surface area contributed by atoms with Crippen molar-refractivity contribution in [3.63, 3.8) is 0 Å². The molecule has 7 nitrogen and oxygen atoms in total. The zero-order valence-corrected chi connectivity index (χ0v) is 12.6. The first-order chi connectivity index (χ1) is 10.7. The number of fused-ring (bicyclic) bond motifs is 1. The largest absolute Gasteiger partial charge is 0.325 e. The van der Waals surface area contributed by atoms with Crippen molar-refractivity contribution < 1.29 is 0 Å². The molecule has 22 heavy (non-hydrogen) atoms. The van der Waals surface area contributed by atoms with E-state index in [9.17, 15) is 9.59 Å². The quantitative estimate of drug-likeness (QED) is 0.850. The zero-order valence-electron chi connectivity index (χ0n) is 12.6. The minimum absolute atomic E-state index is 0.330. The zero-order chi connectivity index (χ0) is 15.5. The lowest BCUT2D eigenvalue weighted by atomic mass is 10.1. The first kappa shape index (κ1) is 14.6.